The van der Waals surface area contributed by atoms with E-state index in [0.29, 0.717) is 31.4 Å². The minimum Gasteiger partial charge on any atom is -0.478 e. The number of nitrogens with zero attached hydrogens (tertiary/aromatic N) is 1. The highest BCUT2D eigenvalue weighted by molar-refractivity contribution is 5.95. The van der Waals surface area contributed by atoms with Gasteiger partial charge in [-0.1, -0.05) is 6.42 Å². The van der Waals surface area contributed by atoms with Gasteiger partial charge in [-0.15, -0.1) is 10.1 Å². The molecule has 0 heterocycles. The summed E-state index contributed by atoms with van der Waals surface area (Å²) in [4.78, 5) is 45.9. The van der Waals surface area contributed by atoms with Gasteiger partial charge in [0.1, 0.15) is 0 Å². The Labute approximate surface area is 107 Å². The third-order valence-electron chi connectivity index (χ3n) is 1.80. The molecule has 0 aromatic rings. The zero-order valence-electron chi connectivity index (χ0n) is 9.94. The Balaban J connectivity index is 3.62. The fourth-order valence-corrected chi connectivity index (χ4v) is 1.02. The summed E-state index contributed by atoms with van der Waals surface area (Å²) in [5.74, 6) is -3.16. The molecule has 0 aliphatic heterocycles. The Morgan fingerprint density at radius 1 is 1.16 bits per heavy atom. The molecule has 0 spiro atoms. The molecule has 0 aromatic carbocycles. The normalized spacial score (nSPS) is 10.1. The number of ether oxygens (including phenoxy) is 1. The molecule has 9 nitrogen and oxygen atoms in total. The largest absolute Gasteiger partial charge is 0.478 e. The molecule has 19 heavy (non-hydrogen) atoms. The van der Waals surface area contributed by atoms with Gasteiger partial charge in [0.15, 0.2) is 0 Å². The number of esters is 2. The van der Waals surface area contributed by atoms with E-state index in [1.165, 1.54) is 0 Å². The van der Waals surface area contributed by atoms with Crippen LogP contribution < -0.4 is 0 Å². The van der Waals surface area contributed by atoms with E-state index in [0.717, 1.165) is 0 Å². The van der Waals surface area contributed by atoms with Crippen molar-refractivity contribution in [1.29, 1.82) is 0 Å². The molecule has 0 aliphatic rings. The summed E-state index contributed by atoms with van der Waals surface area (Å²) >= 11 is 0. The van der Waals surface area contributed by atoms with Crippen LogP contribution >= 0.6 is 0 Å². The van der Waals surface area contributed by atoms with E-state index in [4.69, 9.17) is 5.11 Å². The Kier molecular flexibility index (Phi) is 8.33. The molecule has 0 saturated heterocycles. The summed E-state index contributed by atoms with van der Waals surface area (Å²) in [5, 5.41) is 17.1. The molecule has 9 heteroatoms. The number of aliphatic carboxylic acids is 1. The van der Waals surface area contributed by atoms with E-state index >= 15 is 0 Å². The second-order valence-corrected chi connectivity index (χ2v) is 3.33. The van der Waals surface area contributed by atoms with Crippen LogP contribution in [-0.4, -0.2) is 34.7 Å². The smallest absolute Gasteiger partial charge is 0.338 e. The first-order chi connectivity index (χ1) is 8.91. The number of carboxylic acid groups (broad SMARTS) is 1. The van der Waals surface area contributed by atoms with E-state index < -0.39 is 23.0 Å². The van der Waals surface area contributed by atoms with Crippen molar-refractivity contribution in [1.82, 2.24) is 0 Å². The van der Waals surface area contributed by atoms with Crippen LogP contribution in [0.3, 0.4) is 0 Å². The van der Waals surface area contributed by atoms with Crippen molar-refractivity contribution in [3.05, 3.63) is 22.3 Å². The summed E-state index contributed by atoms with van der Waals surface area (Å²) in [6.45, 7) is -0.0532. The quantitative estimate of drug-likeness (QED) is 0.160. The van der Waals surface area contributed by atoms with Gasteiger partial charge in [-0.05, 0) is 12.8 Å². The Morgan fingerprint density at radius 3 is 2.42 bits per heavy atom. The number of hydrogen-bond donors (Lipinski definition) is 1. The molecule has 0 bridgehead atoms. The maximum absolute atomic E-state index is 11.1. The fraction of sp³-hybridized carbons (Fsp3) is 0.500. The topological polar surface area (TPSA) is 133 Å². The van der Waals surface area contributed by atoms with Gasteiger partial charge in [-0.25, -0.2) is 9.59 Å². The summed E-state index contributed by atoms with van der Waals surface area (Å²) in [6, 6.07) is 0. The van der Waals surface area contributed by atoms with Crippen molar-refractivity contribution >= 4 is 17.9 Å². The van der Waals surface area contributed by atoms with Crippen molar-refractivity contribution < 1.29 is 34.2 Å². The number of unbranched alkanes of at least 4 members (excludes halogenated alkanes) is 2. The van der Waals surface area contributed by atoms with E-state index in [1.54, 1.807) is 0 Å². The van der Waals surface area contributed by atoms with Crippen LogP contribution in [0.2, 0.25) is 0 Å². The van der Waals surface area contributed by atoms with Crippen LogP contribution in [0, 0.1) is 10.1 Å². The van der Waals surface area contributed by atoms with Crippen molar-refractivity contribution in [3.63, 3.8) is 0 Å². The highest BCUT2D eigenvalue weighted by Gasteiger charge is 2.07. The molecular weight excluding hydrogens is 262 g/mol. The maximum atomic E-state index is 11.1. The number of rotatable bonds is 9. The third-order valence-corrected chi connectivity index (χ3v) is 1.80. The summed E-state index contributed by atoms with van der Waals surface area (Å²) in [7, 11) is 0. The van der Waals surface area contributed by atoms with Gasteiger partial charge in [0.05, 0.1) is 6.61 Å². The predicted octanol–water partition coefficient (Wildman–Crippen LogP) is 0.466. The number of carbonyl (C=O) groups excluding carboxylic acids is 2. The summed E-state index contributed by atoms with van der Waals surface area (Å²) < 4.78 is 4.28. The highest BCUT2D eigenvalue weighted by atomic mass is 16.9. The molecule has 0 fully saturated rings. The molecule has 0 unspecified atom stereocenters. The van der Waals surface area contributed by atoms with Gasteiger partial charge >= 0.3 is 17.9 Å². The number of carbonyl (C=O) groups is 3. The third kappa shape index (κ3) is 11.8. The van der Waals surface area contributed by atoms with Gasteiger partial charge in [0, 0.05) is 18.6 Å². The second-order valence-electron chi connectivity index (χ2n) is 3.33. The molecule has 0 aromatic heterocycles. The first-order valence-electron chi connectivity index (χ1n) is 5.34. The lowest BCUT2D eigenvalue weighted by molar-refractivity contribution is -0.757. The van der Waals surface area contributed by atoms with E-state index in [1.807, 2.05) is 0 Å². The van der Waals surface area contributed by atoms with E-state index in [9.17, 15) is 24.5 Å². The van der Waals surface area contributed by atoms with Gasteiger partial charge in [0.25, 0.3) is 5.09 Å². The van der Waals surface area contributed by atoms with Crippen LogP contribution in [0.1, 0.15) is 25.7 Å². The Morgan fingerprint density at radius 2 is 1.84 bits per heavy atom. The average molecular weight is 275 g/mol. The second kappa shape index (κ2) is 9.57. The van der Waals surface area contributed by atoms with Gasteiger partial charge < -0.3 is 14.7 Å². The summed E-state index contributed by atoms with van der Waals surface area (Å²) in [5.41, 5.74) is 0. The predicted molar refractivity (Wildman–Crippen MR) is 59.3 cm³/mol. The molecule has 1 N–H and O–H groups in total. The molecule has 0 rings (SSSR count). The van der Waals surface area contributed by atoms with Crippen LogP contribution in [0.5, 0.6) is 0 Å². The van der Waals surface area contributed by atoms with Crippen LogP contribution in [0.4, 0.5) is 0 Å². The highest BCUT2D eigenvalue weighted by Crippen LogP contribution is 2.02. The Bertz CT molecular complexity index is 376. The lowest BCUT2D eigenvalue weighted by atomic mass is 10.2. The minimum atomic E-state index is -1.32. The average Bonchev–Trinajstić information content (AvgIpc) is 2.30. The van der Waals surface area contributed by atoms with Crippen LogP contribution in [0.15, 0.2) is 12.2 Å². The van der Waals surface area contributed by atoms with Crippen LogP contribution in [-0.2, 0) is 24.0 Å². The maximum Gasteiger partial charge on any atom is 0.338 e. The first-order valence-corrected chi connectivity index (χ1v) is 5.34. The Hall–Kier alpha value is -2.45. The van der Waals surface area contributed by atoms with Gasteiger partial charge in [-0.2, -0.15) is 0 Å². The molecule has 0 atom stereocenters. The molecular formula is C10H13NO8. The fourth-order valence-electron chi connectivity index (χ4n) is 1.02. The molecule has 106 valence electrons. The summed E-state index contributed by atoms with van der Waals surface area (Å²) in [6.07, 6.45) is 2.44. The van der Waals surface area contributed by atoms with E-state index in [2.05, 4.69) is 9.57 Å². The van der Waals surface area contributed by atoms with E-state index in [-0.39, 0.29) is 13.0 Å². The number of carboxylic acids is 1. The molecule has 0 aliphatic carbocycles. The molecule has 0 saturated carbocycles. The van der Waals surface area contributed by atoms with Crippen molar-refractivity contribution in [2.75, 3.05) is 6.61 Å². The lowest BCUT2D eigenvalue weighted by Crippen LogP contribution is -2.10. The van der Waals surface area contributed by atoms with Crippen LogP contribution in [0.25, 0.3) is 0 Å². The molecule has 0 amide bonds. The monoisotopic (exact) mass is 275 g/mol. The first kappa shape index (κ1) is 16.6. The van der Waals surface area contributed by atoms with Crippen molar-refractivity contribution in [3.8, 4) is 0 Å². The zero-order chi connectivity index (χ0) is 14.7. The lowest BCUT2D eigenvalue weighted by Gasteiger charge is -2.00. The SMILES string of the molecule is O=C(O)/C=C/C(=O)OC(=O)CCCCCO[N+](=O)[O-]. The van der Waals surface area contributed by atoms with Gasteiger partial charge in [0.2, 0.25) is 0 Å². The van der Waals surface area contributed by atoms with Crippen molar-refractivity contribution in [2.45, 2.75) is 25.7 Å². The zero-order valence-corrected chi connectivity index (χ0v) is 9.94. The number of hydrogen-bond acceptors (Lipinski definition) is 7. The minimum absolute atomic E-state index is 0.0366. The molecule has 0 radical (unpaired) electrons. The van der Waals surface area contributed by atoms with Gasteiger partial charge in [-0.3, -0.25) is 4.79 Å². The van der Waals surface area contributed by atoms with Crippen molar-refractivity contribution in [2.24, 2.45) is 0 Å². The standard InChI is InChI=1S/C10H13NO8/c12-8(13)5-6-10(15)19-9(14)4-2-1-3-7-18-11(16)17/h5-6H,1-4,7H2,(H,12,13)/b6-5+.